The lowest BCUT2D eigenvalue weighted by atomic mass is 9.98. The topological polar surface area (TPSA) is 114 Å². The quantitative estimate of drug-likeness (QED) is 0.380. The number of nitrogens with two attached hydrogens (primary N) is 1. The fourth-order valence-electron chi connectivity index (χ4n) is 2.75. The number of carbonyl (C=O) groups excluding carboxylic acids is 2. The van der Waals surface area contributed by atoms with Gasteiger partial charge in [-0.1, -0.05) is 41.5 Å². The van der Waals surface area contributed by atoms with E-state index in [1.165, 1.54) is 7.11 Å². The molecule has 154 valence electrons. The molecule has 5 N–H and O–H groups in total. The maximum Gasteiger partial charge on any atom is 0.328 e. The molecule has 0 aliphatic heterocycles. The molecule has 0 saturated carbocycles. The van der Waals surface area contributed by atoms with E-state index in [4.69, 9.17) is 10.5 Å². The number of esters is 1. The van der Waals surface area contributed by atoms with Crippen LogP contribution in [-0.2, 0) is 14.3 Å². The average molecular weight is 374 g/mol. The highest BCUT2D eigenvalue weighted by molar-refractivity contribution is 5.87. The fourth-order valence-corrected chi connectivity index (χ4v) is 2.75. The first-order valence-corrected chi connectivity index (χ1v) is 9.54. The molecular formula is C19H39N3O4. The van der Waals surface area contributed by atoms with Gasteiger partial charge in [0.05, 0.1) is 19.3 Å². The van der Waals surface area contributed by atoms with Gasteiger partial charge >= 0.3 is 5.97 Å². The Hall–Kier alpha value is -1.18. The maximum absolute atomic E-state index is 12.7. The monoisotopic (exact) mass is 373 g/mol. The molecule has 0 aromatic heterocycles. The molecule has 1 amide bonds. The molecule has 0 heterocycles. The summed E-state index contributed by atoms with van der Waals surface area (Å²) in [5.41, 5.74) is 6.01. The van der Waals surface area contributed by atoms with Gasteiger partial charge in [-0.15, -0.1) is 0 Å². The first kappa shape index (κ1) is 24.8. The summed E-state index contributed by atoms with van der Waals surface area (Å²) in [7, 11) is 1.31. The van der Waals surface area contributed by atoms with Crippen LogP contribution in [-0.4, -0.2) is 54.9 Å². The van der Waals surface area contributed by atoms with Crippen LogP contribution >= 0.6 is 0 Å². The normalized spacial score (nSPS) is 16.5. The van der Waals surface area contributed by atoms with Crippen molar-refractivity contribution < 1.29 is 19.4 Å². The van der Waals surface area contributed by atoms with E-state index in [0.717, 1.165) is 0 Å². The lowest BCUT2D eigenvalue weighted by molar-refractivity contribution is -0.146. The Morgan fingerprint density at radius 1 is 1.04 bits per heavy atom. The predicted molar refractivity (Wildman–Crippen MR) is 103 cm³/mol. The van der Waals surface area contributed by atoms with Crippen molar-refractivity contribution in [2.24, 2.45) is 23.5 Å². The Labute approximate surface area is 158 Å². The Morgan fingerprint density at radius 2 is 1.58 bits per heavy atom. The molecular weight excluding hydrogens is 334 g/mol. The molecule has 26 heavy (non-hydrogen) atoms. The summed E-state index contributed by atoms with van der Waals surface area (Å²) in [4.78, 5) is 24.6. The van der Waals surface area contributed by atoms with Crippen LogP contribution in [0, 0.1) is 17.8 Å². The Balaban J connectivity index is 4.91. The van der Waals surface area contributed by atoms with Crippen LogP contribution in [0.15, 0.2) is 0 Å². The molecule has 7 heteroatoms. The fraction of sp³-hybridized carbons (Fsp3) is 0.895. The summed E-state index contributed by atoms with van der Waals surface area (Å²) >= 11 is 0. The minimum Gasteiger partial charge on any atom is -0.467 e. The zero-order chi connectivity index (χ0) is 20.4. The number of aliphatic hydroxyl groups is 1. The van der Waals surface area contributed by atoms with Crippen LogP contribution in [0.4, 0.5) is 0 Å². The number of hydrogen-bond acceptors (Lipinski definition) is 6. The molecule has 1 unspecified atom stereocenters. The second kappa shape index (κ2) is 12.3. The molecule has 0 aliphatic carbocycles. The van der Waals surface area contributed by atoms with Gasteiger partial charge in [-0.25, -0.2) is 4.79 Å². The van der Waals surface area contributed by atoms with E-state index in [0.29, 0.717) is 18.8 Å². The van der Waals surface area contributed by atoms with Crippen molar-refractivity contribution in [1.82, 2.24) is 10.6 Å². The van der Waals surface area contributed by atoms with Crippen LogP contribution < -0.4 is 16.4 Å². The van der Waals surface area contributed by atoms with E-state index in [1.807, 2.05) is 41.5 Å². The summed E-state index contributed by atoms with van der Waals surface area (Å²) in [6, 6.07) is -1.55. The van der Waals surface area contributed by atoms with E-state index in [1.54, 1.807) is 0 Å². The zero-order valence-electron chi connectivity index (χ0n) is 17.4. The average Bonchev–Trinajstić information content (AvgIpc) is 2.53. The van der Waals surface area contributed by atoms with Gasteiger partial charge in [0.2, 0.25) is 5.91 Å². The molecule has 0 aromatic carbocycles. The number of rotatable bonds is 12. The van der Waals surface area contributed by atoms with Gasteiger partial charge < -0.3 is 26.2 Å². The van der Waals surface area contributed by atoms with Gasteiger partial charge in [-0.2, -0.15) is 0 Å². The second-order valence-corrected chi connectivity index (χ2v) is 8.20. The molecule has 0 aromatic rings. The van der Waals surface area contributed by atoms with Gasteiger partial charge in [0.25, 0.3) is 0 Å². The number of hydrogen-bond donors (Lipinski definition) is 4. The Kier molecular flexibility index (Phi) is 11.7. The third kappa shape index (κ3) is 9.50. The molecule has 4 atom stereocenters. The molecule has 0 spiro atoms. The van der Waals surface area contributed by atoms with E-state index in [2.05, 4.69) is 10.6 Å². The van der Waals surface area contributed by atoms with E-state index < -0.39 is 24.2 Å². The highest BCUT2D eigenvalue weighted by Gasteiger charge is 2.29. The molecule has 0 saturated heterocycles. The first-order chi connectivity index (χ1) is 12.0. The molecule has 0 bridgehead atoms. The van der Waals surface area contributed by atoms with E-state index in [9.17, 15) is 14.7 Å². The van der Waals surface area contributed by atoms with Crippen molar-refractivity contribution in [2.45, 2.75) is 78.6 Å². The highest BCUT2D eigenvalue weighted by atomic mass is 16.5. The summed E-state index contributed by atoms with van der Waals surface area (Å²) < 4.78 is 4.77. The number of amides is 1. The third-order valence-corrected chi connectivity index (χ3v) is 4.25. The second-order valence-electron chi connectivity index (χ2n) is 8.20. The number of methoxy groups -OCH3 is 1. The molecule has 7 nitrogen and oxygen atoms in total. The van der Waals surface area contributed by atoms with Gasteiger partial charge in [-0.05, 0) is 30.6 Å². The summed E-state index contributed by atoms with van der Waals surface area (Å²) in [6.07, 6.45) is 0.562. The number of nitrogens with one attached hydrogen (secondary N) is 2. The number of carbonyl (C=O) groups is 2. The number of ether oxygens (including phenoxy) is 1. The van der Waals surface area contributed by atoms with Crippen LogP contribution in [0.3, 0.4) is 0 Å². The van der Waals surface area contributed by atoms with E-state index in [-0.39, 0.29) is 30.3 Å². The van der Waals surface area contributed by atoms with Gasteiger partial charge in [-0.3, -0.25) is 4.79 Å². The molecule has 0 rings (SSSR count). The minimum absolute atomic E-state index is 0.0869. The van der Waals surface area contributed by atoms with Crippen molar-refractivity contribution >= 4 is 11.9 Å². The highest BCUT2D eigenvalue weighted by Crippen LogP contribution is 2.10. The molecule has 0 fully saturated rings. The first-order valence-electron chi connectivity index (χ1n) is 9.54. The van der Waals surface area contributed by atoms with Crippen molar-refractivity contribution in [3.8, 4) is 0 Å². The van der Waals surface area contributed by atoms with Crippen molar-refractivity contribution in [3.05, 3.63) is 0 Å². The van der Waals surface area contributed by atoms with Crippen LogP contribution in [0.2, 0.25) is 0 Å². The van der Waals surface area contributed by atoms with Gasteiger partial charge in [0, 0.05) is 12.6 Å². The lowest BCUT2D eigenvalue weighted by Crippen LogP contribution is -2.54. The standard InChI is InChI=1S/C19H39N3O4/c1-11(2)8-14(20)16(23)10-21-15(9-12(3)4)18(24)22-17(13(5)6)19(25)26-7/h11-17,21,23H,8-10,20H2,1-7H3,(H,22,24)/t14-,15-,16?,17-/m0/s1. The van der Waals surface area contributed by atoms with Gasteiger partial charge in [0.15, 0.2) is 0 Å². The minimum atomic E-state index is -0.735. The third-order valence-electron chi connectivity index (χ3n) is 4.25. The predicted octanol–water partition coefficient (Wildman–Crippen LogP) is 1.04. The molecule has 0 aliphatic rings. The summed E-state index contributed by atoms with van der Waals surface area (Å²) in [5.74, 6) is -0.157. The lowest BCUT2D eigenvalue weighted by Gasteiger charge is -2.27. The van der Waals surface area contributed by atoms with Crippen LogP contribution in [0.25, 0.3) is 0 Å². The smallest absolute Gasteiger partial charge is 0.328 e. The van der Waals surface area contributed by atoms with Crippen LogP contribution in [0.5, 0.6) is 0 Å². The van der Waals surface area contributed by atoms with Crippen LogP contribution in [0.1, 0.15) is 54.4 Å². The Morgan fingerprint density at radius 3 is 2.00 bits per heavy atom. The largest absolute Gasteiger partial charge is 0.467 e. The SMILES string of the molecule is COC(=O)[C@@H](NC(=O)[C@H](CC(C)C)NCC(O)[C@@H](N)CC(C)C)C(C)C. The Bertz CT molecular complexity index is 427. The summed E-state index contributed by atoms with van der Waals surface area (Å²) in [5, 5.41) is 16.1. The van der Waals surface area contributed by atoms with E-state index >= 15 is 0 Å². The number of aliphatic hydroxyl groups excluding tert-OH is 1. The zero-order valence-corrected chi connectivity index (χ0v) is 17.4. The molecule has 0 radical (unpaired) electrons. The summed E-state index contributed by atoms with van der Waals surface area (Å²) in [6.45, 7) is 12.1. The van der Waals surface area contributed by atoms with Crippen molar-refractivity contribution in [3.63, 3.8) is 0 Å². The maximum atomic E-state index is 12.7. The van der Waals surface area contributed by atoms with Crippen molar-refractivity contribution in [1.29, 1.82) is 0 Å². The van der Waals surface area contributed by atoms with Crippen molar-refractivity contribution in [2.75, 3.05) is 13.7 Å². The van der Waals surface area contributed by atoms with Gasteiger partial charge in [0.1, 0.15) is 6.04 Å².